The first kappa shape index (κ1) is 13.3. The number of carbonyl (C=O) groups is 2. The number of esters is 1. The van der Waals surface area contributed by atoms with Crippen molar-refractivity contribution in [2.24, 2.45) is 0 Å². The van der Waals surface area contributed by atoms with Gasteiger partial charge < -0.3 is 10.1 Å². The lowest BCUT2D eigenvalue weighted by Gasteiger charge is -2.03. The fourth-order valence-electron chi connectivity index (χ4n) is 1.60. The fraction of sp³-hybridized carbons (Fsp3) is 0.333. The zero-order valence-corrected chi connectivity index (χ0v) is 10.9. The second-order valence-electron chi connectivity index (χ2n) is 4.46. The van der Waals surface area contributed by atoms with Crippen molar-refractivity contribution in [1.82, 2.24) is 5.32 Å². The first-order valence-electron chi connectivity index (χ1n) is 6.45. The molecule has 1 amide bonds. The Morgan fingerprint density at radius 2 is 2.00 bits per heavy atom. The Hall–Kier alpha value is -2.10. The first-order valence-corrected chi connectivity index (χ1v) is 6.45. The molecule has 1 fully saturated rings. The van der Waals surface area contributed by atoms with E-state index in [-0.39, 0.29) is 11.9 Å². The summed E-state index contributed by atoms with van der Waals surface area (Å²) in [5.41, 5.74) is 1.50. The number of hydrogen-bond donors (Lipinski definition) is 1. The van der Waals surface area contributed by atoms with E-state index < -0.39 is 0 Å². The van der Waals surface area contributed by atoms with Gasteiger partial charge in [0.15, 0.2) is 0 Å². The lowest BCUT2D eigenvalue weighted by molar-refractivity contribution is -0.137. The third-order valence-corrected chi connectivity index (χ3v) is 2.78. The van der Waals surface area contributed by atoms with Gasteiger partial charge in [-0.2, -0.15) is 0 Å². The van der Waals surface area contributed by atoms with Crippen LogP contribution in [0.1, 0.15) is 35.7 Å². The van der Waals surface area contributed by atoms with E-state index in [1.54, 1.807) is 37.3 Å². The molecule has 1 N–H and O–H groups in total. The summed E-state index contributed by atoms with van der Waals surface area (Å²) in [5, 5.41) is 2.93. The zero-order valence-electron chi connectivity index (χ0n) is 10.9. The molecule has 0 spiro atoms. The predicted molar refractivity (Wildman–Crippen MR) is 72.6 cm³/mol. The summed E-state index contributed by atoms with van der Waals surface area (Å²) in [4.78, 5) is 22.9. The van der Waals surface area contributed by atoms with Gasteiger partial charge in [0.25, 0.3) is 5.91 Å². The van der Waals surface area contributed by atoms with Gasteiger partial charge in [-0.15, -0.1) is 0 Å². The molecule has 1 saturated carbocycles. The summed E-state index contributed by atoms with van der Waals surface area (Å²) in [6.07, 6.45) is 5.20. The number of nitrogens with one attached hydrogen (secondary N) is 1. The van der Waals surface area contributed by atoms with E-state index in [4.69, 9.17) is 4.74 Å². The summed E-state index contributed by atoms with van der Waals surface area (Å²) in [6, 6.07) is 7.47. The van der Waals surface area contributed by atoms with Gasteiger partial charge in [-0.3, -0.25) is 4.79 Å². The van der Waals surface area contributed by atoms with Crippen LogP contribution in [0.15, 0.2) is 30.3 Å². The number of rotatable bonds is 5. The van der Waals surface area contributed by atoms with E-state index in [1.807, 2.05) is 0 Å². The highest BCUT2D eigenvalue weighted by atomic mass is 16.5. The van der Waals surface area contributed by atoms with Crippen LogP contribution in [0.2, 0.25) is 0 Å². The molecule has 1 aromatic carbocycles. The quantitative estimate of drug-likeness (QED) is 0.651. The minimum Gasteiger partial charge on any atom is -0.463 e. The molecule has 19 heavy (non-hydrogen) atoms. The van der Waals surface area contributed by atoms with Crippen LogP contribution >= 0.6 is 0 Å². The number of amides is 1. The molecule has 0 aromatic heterocycles. The Labute approximate surface area is 112 Å². The Morgan fingerprint density at radius 3 is 2.58 bits per heavy atom. The van der Waals surface area contributed by atoms with E-state index in [2.05, 4.69) is 5.32 Å². The Balaban J connectivity index is 1.93. The topological polar surface area (TPSA) is 55.4 Å². The van der Waals surface area contributed by atoms with Crippen molar-refractivity contribution in [3.63, 3.8) is 0 Å². The van der Waals surface area contributed by atoms with Crippen molar-refractivity contribution in [3.8, 4) is 0 Å². The Morgan fingerprint density at radius 1 is 1.32 bits per heavy atom. The number of benzene rings is 1. The highest BCUT2D eigenvalue weighted by Gasteiger charge is 2.23. The highest BCUT2D eigenvalue weighted by Crippen LogP contribution is 2.19. The second-order valence-corrected chi connectivity index (χ2v) is 4.46. The first-order chi connectivity index (χ1) is 9.19. The van der Waals surface area contributed by atoms with E-state index in [0.29, 0.717) is 18.2 Å². The third kappa shape index (κ3) is 4.25. The molecule has 4 heteroatoms. The van der Waals surface area contributed by atoms with Gasteiger partial charge in [-0.1, -0.05) is 12.1 Å². The van der Waals surface area contributed by atoms with Crippen LogP contribution in [0.5, 0.6) is 0 Å². The molecule has 4 nitrogen and oxygen atoms in total. The molecular weight excluding hydrogens is 242 g/mol. The summed E-state index contributed by atoms with van der Waals surface area (Å²) in [5.74, 6) is -0.401. The van der Waals surface area contributed by atoms with Crippen molar-refractivity contribution >= 4 is 18.0 Å². The number of hydrogen-bond acceptors (Lipinski definition) is 3. The standard InChI is InChI=1S/C15H17NO3/c1-2-19-14(17)10-5-11-3-6-12(7-4-11)15(18)16-13-8-9-13/h3-7,10,13H,2,8-9H2,1H3,(H,16,18). The molecule has 1 aromatic rings. The molecule has 2 rings (SSSR count). The smallest absolute Gasteiger partial charge is 0.330 e. The Kier molecular flexibility index (Phi) is 4.34. The van der Waals surface area contributed by atoms with Gasteiger partial charge in [0.2, 0.25) is 0 Å². The average molecular weight is 259 g/mol. The van der Waals surface area contributed by atoms with Crippen molar-refractivity contribution < 1.29 is 14.3 Å². The summed E-state index contributed by atoms with van der Waals surface area (Å²) < 4.78 is 4.79. The monoisotopic (exact) mass is 259 g/mol. The average Bonchev–Trinajstić information content (AvgIpc) is 3.21. The highest BCUT2D eigenvalue weighted by molar-refractivity contribution is 5.95. The van der Waals surface area contributed by atoms with Gasteiger partial charge in [0, 0.05) is 17.7 Å². The van der Waals surface area contributed by atoms with Gasteiger partial charge >= 0.3 is 5.97 Å². The van der Waals surface area contributed by atoms with Gasteiger partial charge in [-0.05, 0) is 43.5 Å². The minimum atomic E-state index is -0.363. The van der Waals surface area contributed by atoms with Crippen LogP contribution in [0.25, 0.3) is 6.08 Å². The minimum absolute atomic E-state index is 0.0385. The van der Waals surface area contributed by atoms with Crippen LogP contribution in [0.4, 0.5) is 0 Å². The van der Waals surface area contributed by atoms with E-state index in [1.165, 1.54) is 6.08 Å². The molecule has 100 valence electrons. The van der Waals surface area contributed by atoms with Crippen LogP contribution in [0.3, 0.4) is 0 Å². The fourth-order valence-corrected chi connectivity index (χ4v) is 1.60. The molecule has 0 heterocycles. The molecule has 1 aliphatic rings. The molecule has 1 aliphatic carbocycles. The second kappa shape index (κ2) is 6.18. The van der Waals surface area contributed by atoms with Crippen LogP contribution in [0, 0.1) is 0 Å². The maximum atomic E-state index is 11.8. The van der Waals surface area contributed by atoms with E-state index >= 15 is 0 Å². The third-order valence-electron chi connectivity index (χ3n) is 2.78. The van der Waals surface area contributed by atoms with Crippen molar-refractivity contribution in [2.75, 3.05) is 6.61 Å². The van der Waals surface area contributed by atoms with Gasteiger partial charge in [-0.25, -0.2) is 4.79 Å². The van der Waals surface area contributed by atoms with Gasteiger partial charge in [0.1, 0.15) is 0 Å². The molecule has 0 radical (unpaired) electrons. The normalized spacial score (nSPS) is 14.4. The SMILES string of the molecule is CCOC(=O)C=Cc1ccc(C(=O)NC2CC2)cc1. The number of carbonyl (C=O) groups excluding carboxylic acids is 2. The van der Waals surface area contributed by atoms with Crippen LogP contribution in [-0.4, -0.2) is 24.5 Å². The lowest BCUT2D eigenvalue weighted by atomic mass is 10.1. The molecule has 0 saturated heterocycles. The van der Waals surface area contributed by atoms with Crippen molar-refractivity contribution in [1.29, 1.82) is 0 Å². The summed E-state index contributed by atoms with van der Waals surface area (Å²) in [7, 11) is 0. The maximum Gasteiger partial charge on any atom is 0.330 e. The van der Waals surface area contributed by atoms with Crippen LogP contribution < -0.4 is 5.32 Å². The lowest BCUT2D eigenvalue weighted by Crippen LogP contribution is -2.25. The van der Waals surface area contributed by atoms with E-state index in [0.717, 1.165) is 18.4 Å². The Bertz CT molecular complexity index is 487. The van der Waals surface area contributed by atoms with E-state index in [9.17, 15) is 9.59 Å². The van der Waals surface area contributed by atoms with Crippen LogP contribution in [-0.2, 0) is 9.53 Å². The predicted octanol–water partition coefficient (Wildman–Crippen LogP) is 2.16. The zero-order chi connectivity index (χ0) is 13.7. The van der Waals surface area contributed by atoms with Crippen molar-refractivity contribution in [3.05, 3.63) is 41.5 Å². The van der Waals surface area contributed by atoms with Gasteiger partial charge in [0.05, 0.1) is 6.61 Å². The van der Waals surface area contributed by atoms with Crippen molar-refractivity contribution in [2.45, 2.75) is 25.8 Å². The summed E-state index contributed by atoms with van der Waals surface area (Å²) in [6.45, 7) is 2.13. The summed E-state index contributed by atoms with van der Waals surface area (Å²) >= 11 is 0. The molecule has 0 atom stereocenters. The largest absolute Gasteiger partial charge is 0.463 e. The maximum absolute atomic E-state index is 11.8. The molecule has 0 aliphatic heterocycles. The number of ether oxygens (including phenoxy) is 1. The molecule has 0 bridgehead atoms. The molecule has 0 unspecified atom stereocenters. The molecular formula is C15H17NO3.